The third-order valence-electron chi connectivity index (χ3n) is 3.07. The Hall–Kier alpha value is -0.980. The van der Waals surface area contributed by atoms with Crippen LogP contribution in [0, 0.1) is 0 Å². The topological polar surface area (TPSA) is 0 Å². The number of halogens is 2. The highest BCUT2D eigenvalue weighted by molar-refractivity contribution is 6.31. The molecule has 2 atom stereocenters. The quantitative estimate of drug-likeness (QED) is 0.627. The molecular formula is C15H12Cl2. The normalized spacial score (nSPS) is 26.6. The zero-order valence-corrected chi connectivity index (χ0v) is 10.4. The van der Waals surface area contributed by atoms with Gasteiger partial charge in [-0.25, -0.2) is 0 Å². The fourth-order valence-electron chi connectivity index (χ4n) is 2.30. The molecule has 0 aromatic heterocycles. The second-order valence-corrected chi connectivity index (χ2v) is 5.03. The van der Waals surface area contributed by atoms with E-state index in [1.807, 2.05) is 6.07 Å². The number of benzene rings is 2. The Labute approximate surface area is 118 Å². The number of alkyl halides is 1. The minimum atomic E-state index is -0.379. The molecule has 0 fully saturated rings. The van der Waals surface area contributed by atoms with Crippen LogP contribution in [0.25, 0.3) is 0 Å². The summed E-state index contributed by atoms with van der Waals surface area (Å²) in [5, 5.41) is 0.294. The highest BCUT2D eigenvalue weighted by Crippen LogP contribution is 2.47. The summed E-state index contributed by atoms with van der Waals surface area (Å²) < 4.78 is 39.5. The van der Waals surface area contributed by atoms with E-state index >= 15 is 0 Å². The molecule has 0 bridgehead atoms. The van der Waals surface area contributed by atoms with Crippen LogP contribution in [-0.4, -0.2) is 0 Å². The summed E-state index contributed by atoms with van der Waals surface area (Å²) >= 11 is 12.4. The van der Waals surface area contributed by atoms with Gasteiger partial charge in [-0.15, -0.1) is 11.6 Å². The highest BCUT2D eigenvalue weighted by Gasteiger charge is 2.30. The first-order valence-electron chi connectivity index (χ1n) is 7.83. The Morgan fingerprint density at radius 1 is 1.12 bits per heavy atom. The van der Waals surface area contributed by atoms with Crippen LogP contribution in [0.1, 0.15) is 41.3 Å². The molecule has 0 saturated carbocycles. The zero-order chi connectivity index (χ0) is 16.2. The van der Waals surface area contributed by atoms with Gasteiger partial charge in [-0.3, -0.25) is 0 Å². The van der Waals surface area contributed by atoms with Crippen molar-refractivity contribution >= 4 is 23.2 Å². The maximum Gasteiger partial charge on any atom is 0.0626 e. The van der Waals surface area contributed by atoms with E-state index in [0.717, 1.165) is 11.1 Å². The van der Waals surface area contributed by atoms with E-state index in [0.29, 0.717) is 17.0 Å². The number of hydrogen-bond acceptors (Lipinski definition) is 0. The Kier molecular flexibility index (Phi) is 1.75. The van der Waals surface area contributed by atoms with Gasteiger partial charge in [0.15, 0.2) is 0 Å². The van der Waals surface area contributed by atoms with E-state index < -0.39 is 0 Å². The van der Waals surface area contributed by atoms with Crippen molar-refractivity contribution in [1.29, 1.82) is 0 Å². The van der Waals surface area contributed by atoms with Gasteiger partial charge in [-0.05, 0) is 35.2 Å². The lowest BCUT2D eigenvalue weighted by Crippen LogP contribution is -1.95. The molecule has 17 heavy (non-hydrogen) atoms. The summed E-state index contributed by atoms with van der Waals surface area (Å²) in [6, 6.07) is 4.00. The molecule has 0 spiro atoms. The fourth-order valence-corrected chi connectivity index (χ4v) is 2.85. The highest BCUT2D eigenvalue weighted by atomic mass is 35.5. The van der Waals surface area contributed by atoms with Crippen LogP contribution in [0.5, 0.6) is 0 Å². The molecule has 0 unspecified atom stereocenters. The Morgan fingerprint density at radius 3 is 2.65 bits per heavy atom. The van der Waals surface area contributed by atoms with Gasteiger partial charge in [-0.1, -0.05) is 47.9 Å². The first kappa shape index (κ1) is 6.82. The monoisotopic (exact) mass is 267 g/mol. The minimum absolute atomic E-state index is 0.164. The van der Waals surface area contributed by atoms with Crippen LogP contribution in [0.3, 0.4) is 0 Å². The lowest BCUT2D eigenvalue weighted by molar-refractivity contribution is 0.771. The van der Waals surface area contributed by atoms with Crippen molar-refractivity contribution in [3.8, 4) is 0 Å². The lowest BCUT2D eigenvalue weighted by Gasteiger charge is -2.11. The van der Waals surface area contributed by atoms with Crippen LogP contribution in [0.4, 0.5) is 0 Å². The van der Waals surface area contributed by atoms with Gasteiger partial charge in [0.25, 0.3) is 0 Å². The van der Waals surface area contributed by atoms with E-state index in [9.17, 15) is 0 Å². The lowest BCUT2D eigenvalue weighted by atomic mass is 9.93. The van der Waals surface area contributed by atoms with Crippen molar-refractivity contribution in [3.05, 3.63) is 70.1 Å². The molecular weight excluding hydrogens is 251 g/mol. The SMILES string of the molecule is [2H]c1c([2H])c([2H])c([C@H]2C[C@@H](Cl)c3cc(Cl)ccc32)c([2H])c1[2H]. The molecule has 3 rings (SSSR count). The van der Waals surface area contributed by atoms with Crippen LogP contribution < -0.4 is 0 Å². The molecule has 2 aromatic rings. The molecule has 0 saturated heterocycles. The average molecular weight is 268 g/mol. The van der Waals surface area contributed by atoms with Gasteiger partial charge in [0.05, 0.1) is 12.2 Å². The maximum atomic E-state index is 8.11. The zero-order valence-electron chi connectivity index (χ0n) is 13.8. The predicted octanol–water partition coefficient (Wildman–Crippen LogP) is 5.16. The minimum Gasteiger partial charge on any atom is -0.118 e. The fraction of sp³-hybridized carbons (Fsp3) is 0.200. The van der Waals surface area contributed by atoms with Crippen molar-refractivity contribution < 1.29 is 6.85 Å². The summed E-state index contributed by atoms with van der Waals surface area (Å²) in [6.45, 7) is 0. The molecule has 0 nitrogen and oxygen atoms in total. The largest absolute Gasteiger partial charge is 0.118 e. The van der Waals surface area contributed by atoms with Crippen molar-refractivity contribution in [1.82, 2.24) is 0 Å². The van der Waals surface area contributed by atoms with Crippen molar-refractivity contribution in [3.63, 3.8) is 0 Å². The molecule has 0 heterocycles. The predicted molar refractivity (Wildman–Crippen MR) is 72.9 cm³/mol. The maximum absolute atomic E-state index is 8.11. The van der Waals surface area contributed by atoms with Gasteiger partial charge in [0.2, 0.25) is 0 Å². The summed E-state index contributed by atoms with van der Waals surface area (Å²) in [7, 11) is 0. The first-order chi connectivity index (χ1) is 10.3. The second-order valence-electron chi connectivity index (χ2n) is 4.07. The summed E-state index contributed by atoms with van der Waals surface area (Å²) in [5.41, 5.74) is 2.05. The molecule has 0 N–H and O–H groups in total. The van der Waals surface area contributed by atoms with E-state index in [4.69, 9.17) is 30.1 Å². The van der Waals surface area contributed by atoms with E-state index in [-0.39, 0.29) is 41.5 Å². The Balaban J connectivity index is 2.23. The van der Waals surface area contributed by atoms with Crippen molar-refractivity contribution in [2.24, 2.45) is 0 Å². The van der Waals surface area contributed by atoms with Crippen LogP contribution in [0.15, 0.2) is 48.4 Å². The van der Waals surface area contributed by atoms with Crippen molar-refractivity contribution in [2.75, 3.05) is 0 Å². The van der Waals surface area contributed by atoms with E-state index in [2.05, 4.69) is 0 Å². The number of fused-ring (bicyclic) bond motifs is 1. The average Bonchev–Trinajstić information content (AvgIpc) is 2.80. The third kappa shape index (κ3) is 1.96. The summed E-state index contributed by atoms with van der Waals surface area (Å²) in [5.74, 6) is -0.316. The van der Waals surface area contributed by atoms with Gasteiger partial charge >= 0.3 is 0 Å². The molecule has 1 aliphatic rings. The number of hydrogen-bond donors (Lipinski definition) is 0. The van der Waals surface area contributed by atoms with E-state index in [1.165, 1.54) is 0 Å². The van der Waals surface area contributed by atoms with E-state index in [1.54, 1.807) is 12.1 Å². The first-order valence-corrected chi connectivity index (χ1v) is 6.14. The standard InChI is InChI=1S/C15H12Cl2/c16-11-6-7-12-13(9-15(17)14(12)8-11)10-4-2-1-3-5-10/h1-8,13,15H,9H2/t13-,15-/m1/s1/i1D,2D,3D,4D,5D. The molecule has 1 aliphatic carbocycles. The summed E-state index contributed by atoms with van der Waals surface area (Å²) in [4.78, 5) is 0. The molecule has 2 heteroatoms. The second kappa shape index (κ2) is 4.36. The van der Waals surface area contributed by atoms with Gasteiger partial charge < -0.3 is 0 Å². The Morgan fingerprint density at radius 2 is 1.88 bits per heavy atom. The molecule has 86 valence electrons. The Bertz CT molecular complexity index is 746. The molecule has 0 amide bonds. The smallest absolute Gasteiger partial charge is 0.0626 e. The van der Waals surface area contributed by atoms with Crippen LogP contribution in [-0.2, 0) is 0 Å². The van der Waals surface area contributed by atoms with Gasteiger partial charge in [-0.2, -0.15) is 0 Å². The van der Waals surface area contributed by atoms with Gasteiger partial charge in [0.1, 0.15) is 0 Å². The van der Waals surface area contributed by atoms with Gasteiger partial charge in [0, 0.05) is 10.9 Å². The number of rotatable bonds is 1. The molecule has 0 aliphatic heterocycles. The molecule has 2 aromatic carbocycles. The van der Waals surface area contributed by atoms with Crippen LogP contribution in [0.2, 0.25) is 5.02 Å². The van der Waals surface area contributed by atoms with Crippen molar-refractivity contribution in [2.45, 2.75) is 17.7 Å². The van der Waals surface area contributed by atoms with Crippen LogP contribution >= 0.6 is 23.2 Å². The molecule has 0 radical (unpaired) electrons. The summed E-state index contributed by atoms with van der Waals surface area (Å²) in [6.07, 6.45) is 0.491. The third-order valence-corrected chi connectivity index (χ3v) is 3.72.